The van der Waals surface area contributed by atoms with Crippen molar-refractivity contribution in [1.29, 1.82) is 0 Å². The average molecular weight is 189 g/mol. The van der Waals surface area contributed by atoms with Crippen LogP contribution in [0.15, 0.2) is 18.2 Å². The Morgan fingerprint density at radius 1 is 1.64 bits per heavy atom. The van der Waals surface area contributed by atoms with Crippen LogP contribution in [-0.4, -0.2) is 12.6 Å². The first-order chi connectivity index (χ1) is 6.69. The minimum Gasteiger partial charge on any atom is -0.462 e. The topological polar surface area (TPSA) is 52.3 Å². The summed E-state index contributed by atoms with van der Waals surface area (Å²) >= 11 is 0. The largest absolute Gasteiger partial charge is 0.462 e. The van der Waals surface area contributed by atoms with E-state index in [1.54, 1.807) is 19.1 Å². The molecule has 0 heterocycles. The highest BCUT2D eigenvalue weighted by Crippen LogP contribution is 2.13. The van der Waals surface area contributed by atoms with Crippen LogP contribution < -0.4 is 5.73 Å². The Morgan fingerprint density at radius 2 is 2.36 bits per heavy atom. The molecule has 0 fully saturated rings. The van der Waals surface area contributed by atoms with E-state index >= 15 is 0 Å². The number of nitrogen functional groups attached to an aromatic ring is 1. The van der Waals surface area contributed by atoms with E-state index in [2.05, 4.69) is 5.92 Å². The summed E-state index contributed by atoms with van der Waals surface area (Å²) in [4.78, 5) is 11.3. The third-order valence-corrected chi connectivity index (χ3v) is 1.72. The van der Waals surface area contributed by atoms with Gasteiger partial charge in [-0.1, -0.05) is 5.92 Å². The number of nitrogens with two attached hydrogens (primary N) is 1. The molecule has 0 bridgehead atoms. The van der Waals surface area contributed by atoms with Crippen LogP contribution >= 0.6 is 0 Å². The molecule has 1 rings (SSSR count). The van der Waals surface area contributed by atoms with E-state index in [0.717, 1.165) is 0 Å². The van der Waals surface area contributed by atoms with Gasteiger partial charge in [-0.2, -0.15) is 0 Å². The van der Waals surface area contributed by atoms with Crippen molar-refractivity contribution in [3.05, 3.63) is 29.3 Å². The molecule has 0 saturated carbocycles. The number of hydrogen-bond acceptors (Lipinski definition) is 3. The monoisotopic (exact) mass is 189 g/mol. The summed E-state index contributed by atoms with van der Waals surface area (Å²) in [6, 6.07) is 4.75. The molecule has 0 radical (unpaired) electrons. The molecule has 0 amide bonds. The molecule has 0 spiro atoms. The second-order valence-electron chi connectivity index (χ2n) is 2.67. The quantitative estimate of drug-likeness (QED) is 0.435. The third kappa shape index (κ3) is 2.05. The predicted octanol–water partition coefficient (Wildman–Crippen LogP) is 1.43. The minimum absolute atomic E-state index is 0.343. The van der Waals surface area contributed by atoms with E-state index in [4.69, 9.17) is 16.9 Å². The molecule has 72 valence electrons. The molecule has 1 aromatic rings. The first-order valence-corrected chi connectivity index (χ1v) is 4.22. The SMILES string of the molecule is C#Cc1ccc(C(=O)OCC)cc1N. The highest BCUT2D eigenvalue weighted by atomic mass is 16.5. The van der Waals surface area contributed by atoms with E-state index in [1.165, 1.54) is 6.07 Å². The lowest BCUT2D eigenvalue weighted by Gasteiger charge is -2.03. The zero-order valence-corrected chi connectivity index (χ0v) is 7.91. The molecule has 0 aliphatic carbocycles. The molecule has 3 nitrogen and oxygen atoms in total. The molecule has 14 heavy (non-hydrogen) atoms. The smallest absolute Gasteiger partial charge is 0.338 e. The van der Waals surface area contributed by atoms with Gasteiger partial charge in [0, 0.05) is 11.3 Å². The first-order valence-electron chi connectivity index (χ1n) is 4.22. The van der Waals surface area contributed by atoms with E-state index in [0.29, 0.717) is 23.4 Å². The van der Waals surface area contributed by atoms with Gasteiger partial charge in [0.05, 0.1) is 12.2 Å². The lowest BCUT2D eigenvalue weighted by atomic mass is 10.1. The molecule has 0 aliphatic rings. The summed E-state index contributed by atoms with van der Waals surface area (Å²) in [7, 11) is 0. The Bertz CT molecular complexity index is 391. The fourth-order valence-corrected chi connectivity index (χ4v) is 1.04. The minimum atomic E-state index is -0.386. The molecule has 1 aromatic carbocycles. The van der Waals surface area contributed by atoms with Gasteiger partial charge in [-0.15, -0.1) is 6.42 Å². The van der Waals surface area contributed by atoms with Crippen LogP contribution in [0.1, 0.15) is 22.8 Å². The Balaban J connectivity index is 2.98. The Labute approximate surface area is 82.9 Å². The first kappa shape index (κ1) is 10.1. The van der Waals surface area contributed by atoms with Gasteiger partial charge < -0.3 is 10.5 Å². The molecule has 0 saturated heterocycles. The van der Waals surface area contributed by atoms with Crippen molar-refractivity contribution < 1.29 is 9.53 Å². The normalized spacial score (nSPS) is 9.14. The highest BCUT2D eigenvalue weighted by Gasteiger charge is 2.07. The van der Waals surface area contributed by atoms with Crippen LogP contribution in [0.25, 0.3) is 0 Å². The van der Waals surface area contributed by atoms with Gasteiger partial charge >= 0.3 is 5.97 Å². The molecule has 2 N–H and O–H groups in total. The predicted molar refractivity (Wildman–Crippen MR) is 54.7 cm³/mol. The molecular formula is C11H11NO2. The Kier molecular flexibility index (Phi) is 3.14. The number of terminal acetylenes is 1. The van der Waals surface area contributed by atoms with Crippen LogP contribution in [0.3, 0.4) is 0 Å². The van der Waals surface area contributed by atoms with Gasteiger partial charge in [-0.05, 0) is 25.1 Å². The van der Waals surface area contributed by atoms with E-state index in [1.807, 2.05) is 0 Å². The van der Waals surface area contributed by atoms with Crippen molar-refractivity contribution in [2.45, 2.75) is 6.92 Å². The molecule has 0 unspecified atom stereocenters. The summed E-state index contributed by atoms with van der Waals surface area (Å²) in [5, 5.41) is 0. The van der Waals surface area contributed by atoms with Crippen LogP contribution in [0.2, 0.25) is 0 Å². The lowest BCUT2D eigenvalue weighted by Crippen LogP contribution is -2.05. The summed E-state index contributed by atoms with van der Waals surface area (Å²) in [6.45, 7) is 2.09. The number of hydrogen-bond donors (Lipinski definition) is 1. The van der Waals surface area contributed by atoms with Crippen molar-refractivity contribution in [1.82, 2.24) is 0 Å². The van der Waals surface area contributed by atoms with Crippen molar-refractivity contribution in [3.8, 4) is 12.3 Å². The van der Waals surface area contributed by atoms with Crippen LogP contribution in [0.4, 0.5) is 5.69 Å². The van der Waals surface area contributed by atoms with E-state index < -0.39 is 0 Å². The maximum Gasteiger partial charge on any atom is 0.338 e. The number of rotatable bonds is 2. The van der Waals surface area contributed by atoms with Gasteiger partial charge in [0.2, 0.25) is 0 Å². The van der Waals surface area contributed by atoms with E-state index in [9.17, 15) is 4.79 Å². The summed E-state index contributed by atoms with van der Waals surface area (Å²) < 4.78 is 4.81. The summed E-state index contributed by atoms with van der Waals surface area (Å²) in [5.41, 5.74) is 7.03. The fourth-order valence-electron chi connectivity index (χ4n) is 1.04. The second kappa shape index (κ2) is 4.33. The maximum absolute atomic E-state index is 11.3. The van der Waals surface area contributed by atoms with Crippen molar-refractivity contribution in [2.24, 2.45) is 0 Å². The molecular weight excluding hydrogens is 178 g/mol. The fraction of sp³-hybridized carbons (Fsp3) is 0.182. The van der Waals surface area contributed by atoms with Crippen LogP contribution in [0, 0.1) is 12.3 Å². The van der Waals surface area contributed by atoms with Crippen molar-refractivity contribution >= 4 is 11.7 Å². The Morgan fingerprint density at radius 3 is 2.86 bits per heavy atom. The number of anilines is 1. The molecule has 0 aliphatic heterocycles. The zero-order chi connectivity index (χ0) is 10.6. The average Bonchev–Trinajstić information content (AvgIpc) is 2.18. The standard InChI is InChI=1S/C11H11NO2/c1-3-8-5-6-9(7-10(8)12)11(13)14-4-2/h1,5-7H,4,12H2,2H3. The van der Waals surface area contributed by atoms with Gasteiger partial charge in [0.1, 0.15) is 0 Å². The zero-order valence-electron chi connectivity index (χ0n) is 7.91. The van der Waals surface area contributed by atoms with Gasteiger partial charge in [0.15, 0.2) is 0 Å². The van der Waals surface area contributed by atoms with Crippen LogP contribution in [-0.2, 0) is 4.74 Å². The second-order valence-corrected chi connectivity index (χ2v) is 2.67. The maximum atomic E-state index is 11.3. The highest BCUT2D eigenvalue weighted by molar-refractivity contribution is 5.90. The molecule has 0 aromatic heterocycles. The molecule has 3 heteroatoms. The van der Waals surface area contributed by atoms with Gasteiger partial charge in [-0.25, -0.2) is 4.79 Å². The number of esters is 1. The Hall–Kier alpha value is -1.95. The lowest BCUT2D eigenvalue weighted by molar-refractivity contribution is 0.0526. The van der Waals surface area contributed by atoms with Gasteiger partial charge in [0.25, 0.3) is 0 Å². The number of carbonyl (C=O) groups is 1. The molecule has 0 atom stereocenters. The number of ether oxygens (including phenoxy) is 1. The van der Waals surface area contributed by atoms with Crippen molar-refractivity contribution in [2.75, 3.05) is 12.3 Å². The third-order valence-electron chi connectivity index (χ3n) is 1.72. The van der Waals surface area contributed by atoms with Crippen LogP contribution in [0.5, 0.6) is 0 Å². The van der Waals surface area contributed by atoms with E-state index in [-0.39, 0.29) is 5.97 Å². The summed E-state index contributed by atoms with van der Waals surface area (Å²) in [6.07, 6.45) is 5.19. The number of benzene rings is 1. The number of carbonyl (C=O) groups excluding carboxylic acids is 1. The summed E-state index contributed by atoms with van der Waals surface area (Å²) in [5.74, 6) is 2.03. The van der Waals surface area contributed by atoms with Crippen molar-refractivity contribution in [3.63, 3.8) is 0 Å². The van der Waals surface area contributed by atoms with Gasteiger partial charge in [-0.3, -0.25) is 0 Å².